The van der Waals surface area contributed by atoms with Gasteiger partial charge in [-0.2, -0.15) is 5.26 Å². The number of carbonyl (C=O) groups excluding carboxylic acids is 1. The van der Waals surface area contributed by atoms with Crippen molar-refractivity contribution in [3.63, 3.8) is 0 Å². The van der Waals surface area contributed by atoms with E-state index in [9.17, 15) is 4.79 Å². The van der Waals surface area contributed by atoms with Gasteiger partial charge in [-0.15, -0.1) is 0 Å². The third-order valence-corrected chi connectivity index (χ3v) is 4.15. The minimum atomic E-state index is -0.152. The molecular formula is C14H17BrN2O. The van der Waals surface area contributed by atoms with E-state index >= 15 is 0 Å². The lowest BCUT2D eigenvalue weighted by Crippen LogP contribution is -2.35. The van der Waals surface area contributed by atoms with E-state index in [0.717, 1.165) is 5.56 Å². The van der Waals surface area contributed by atoms with Crippen molar-refractivity contribution in [1.29, 1.82) is 5.26 Å². The van der Waals surface area contributed by atoms with Gasteiger partial charge in [0.15, 0.2) is 0 Å². The van der Waals surface area contributed by atoms with Crippen LogP contribution in [0.4, 0.5) is 0 Å². The highest BCUT2D eigenvalue weighted by molar-refractivity contribution is 9.10. The van der Waals surface area contributed by atoms with Crippen LogP contribution in [-0.2, 0) is 11.3 Å². The van der Waals surface area contributed by atoms with Crippen LogP contribution in [-0.4, -0.2) is 22.7 Å². The molecular weight excluding hydrogens is 292 g/mol. The first-order chi connectivity index (χ1) is 8.45. The summed E-state index contributed by atoms with van der Waals surface area (Å²) in [5, 5.41) is 8.71. The molecule has 0 spiro atoms. The van der Waals surface area contributed by atoms with Gasteiger partial charge in [-0.05, 0) is 23.6 Å². The minimum Gasteiger partial charge on any atom is -0.340 e. The average molecular weight is 309 g/mol. The number of hydrogen-bond acceptors (Lipinski definition) is 2. The van der Waals surface area contributed by atoms with Crippen molar-refractivity contribution in [3.8, 4) is 6.07 Å². The first-order valence-corrected chi connectivity index (χ1v) is 6.75. The Balaban J connectivity index is 2.66. The number of amides is 1. The first-order valence-electron chi connectivity index (χ1n) is 5.83. The molecule has 0 aliphatic carbocycles. The van der Waals surface area contributed by atoms with Crippen molar-refractivity contribution in [2.75, 3.05) is 7.05 Å². The normalized spacial score (nSPS) is 12.0. The van der Waals surface area contributed by atoms with E-state index in [-0.39, 0.29) is 16.7 Å². The maximum Gasteiger partial charge on any atom is 0.236 e. The summed E-state index contributed by atoms with van der Waals surface area (Å²) in [7, 11) is 1.79. The van der Waals surface area contributed by atoms with E-state index in [2.05, 4.69) is 22.0 Å². The topological polar surface area (TPSA) is 44.1 Å². The fraction of sp³-hybridized carbons (Fsp3) is 0.429. The molecule has 0 saturated carbocycles. The van der Waals surface area contributed by atoms with Crippen molar-refractivity contribution in [2.45, 2.75) is 25.2 Å². The standard InChI is InChI=1S/C14H17BrN2O/c1-10(2)13(15)14(18)17(3)9-12-6-4-11(8-16)5-7-12/h4-7,10,13H,9H2,1-3H3. The lowest BCUT2D eigenvalue weighted by molar-refractivity contribution is -0.130. The Labute approximate surface area is 117 Å². The highest BCUT2D eigenvalue weighted by Crippen LogP contribution is 2.16. The molecule has 0 radical (unpaired) electrons. The zero-order valence-electron chi connectivity index (χ0n) is 10.9. The average Bonchev–Trinajstić information content (AvgIpc) is 2.37. The molecule has 1 atom stereocenters. The van der Waals surface area contributed by atoms with Gasteiger partial charge in [0.25, 0.3) is 0 Å². The smallest absolute Gasteiger partial charge is 0.236 e. The van der Waals surface area contributed by atoms with Crippen molar-refractivity contribution < 1.29 is 4.79 Å². The second-order valence-electron chi connectivity index (χ2n) is 4.65. The van der Waals surface area contributed by atoms with E-state index in [0.29, 0.717) is 12.1 Å². The Bertz CT molecular complexity index is 448. The van der Waals surface area contributed by atoms with Crippen molar-refractivity contribution in [1.82, 2.24) is 4.90 Å². The van der Waals surface area contributed by atoms with Gasteiger partial charge in [-0.1, -0.05) is 41.9 Å². The maximum absolute atomic E-state index is 12.0. The Morgan fingerprint density at radius 1 is 1.39 bits per heavy atom. The molecule has 4 heteroatoms. The number of nitriles is 1. The van der Waals surface area contributed by atoms with Crippen LogP contribution in [0, 0.1) is 17.2 Å². The van der Waals surface area contributed by atoms with Gasteiger partial charge in [0.1, 0.15) is 0 Å². The van der Waals surface area contributed by atoms with Crippen molar-refractivity contribution >= 4 is 21.8 Å². The van der Waals surface area contributed by atoms with E-state index in [1.54, 1.807) is 24.1 Å². The van der Waals surface area contributed by atoms with E-state index in [1.165, 1.54) is 0 Å². The molecule has 0 aliphatic rings. The fourth-order valence-electron chi connectivity index (χ4n) is 1.53. The molecule has 1 aromatic carbocycles. The molecule has 1 rings (SSSR count). The zero-order valence-corrected chi connectivity index (χ0v) is 12.4. The quantitative estimate of drug-likeness (QED) is 0.803. The summed E-state index contributed by atoms with van der Waals surface area (Å²) in [6, 6.07) is 9.36. The van der Waals surface area contributed by atoms with Gasteiger partial charge >= 0.3 is 0 Å². The molecule has 0 aromatic heterocycles. The third kappa shape index (κ3) is 3.85. The Kier molecular flexibility index (Phi) is 5.36. The van der Waals surface area contributed by atoms with Crippen LogP contribution in [0.1, 0.15) is 25.0 Å². The summed E-state index contributed by atoms with van der Waals surface area (Å²) < 4.78 is 0. The van der Waals surface area contributed by atoms with Crippen molar-refractivity contribution in [2.24, 2.45) is 5.92 Å². The number of rotatable bonds is 4. The zero-order chi connectivity index (χ0) is 13.7. The summed E-state index contributed by atoms with van der Waals surface area (Å²) >= 11 is 3.41. The highest BCUT2D eigenvalue weighted by atomic mass is 79.9. The van der Waals surface area contributed by atoms with Crippen LogP contribution in [0.25, 0.3) is 0 Å². The number of halogens is 1. The van der Waals surface area contributed by atoms with Gasteiger partial charge < -0.3 is 4.90 Å². The molecule has 3 nitrogen and oxygen atoms in total. The second-order valence-corrected chi connectivity index (χ2v) is 5.64. The summed E-state index contributed by atoms with van der Waals surface area (Å²) in [4.78, 5) is 13.6. The van der Waals surface area contributed by atoms with Crippen molar-refractivity contribution in [3.05, 3.63) is 35.4 Å². The van der Waals surface area contributed by atoms with Gasteiger partial charge in [0.05, 0.1) is 16.5 Å². The van der Waals surface area contributed by atoms with E-state index < -0.39 is 0 Å². The second kappa shape index (κ2) is 6.55. The van der Waals surface area contributed by atoms with Gasteiger partial charge in [0, 0.05) is 13.6 Å². The van der Waals surface area contributed by atoms with E-state index in [1.807, 2.05) is 26.0 Å². The predicted octanol–water partition coefficient (Wildman–Crippen LogP) is 2.94. The van der Waals surface area contributed by atoms with Crippen LogP contribution in [0.2, 0.25) is 0 Å². The lowest BCUT2D eigenvalue weighted by atomic mass is 10.1. The summed E-state index contributed by atoms with van der Waals surface area (Å²) in [6.45, 7) is 4.57. The molecule has 1 aromatic rings. The first kappa shape index (κ1) is 14.7. The minimum absolute atomic E-state index is 0.0781. The monoisotopic (exact) mass is 308 g/mol. The Hall–Kier alpha value is -1.34. The SMILES string of the molecule is CC(C)C(Br)C(=O)N(C)Cc1ccc(C#N)cc1. The molecule has 18 heavy (non-hydrogen) atoms. The molecule has 0 saturated heterocycles. The van der Waals surface area contributed by atoms with Crippen LogP contribution in [0.5, 0.6) is 0 Å². The summed E-state index contributed by atoms with van der Waals surface area (Å²) in [6.07, 6.45) is 0. The van der Waals surface area contributed by atoms with Crippen LogP contribution in [0.3, 0.4) is 0 Å². The molecule has 96 valence electrons. The molecule has 1 unspecified atom stereocenters. The van der Waals surface area contributed by atoms with Gasteiger partial charge in [0.2, 0.25) is 5.91 Å². The molecule has 0 fully saturated rings. The fourth-order valence-corrected chi connectivity index (χ4v) is 1.88. The number of alkyl halides is 1. The lowest BCUT2D eigenvalue weighted by Gasteiger charge is -2.22. The van der Waals surface area contributed by atoms with Crippen LogP contribution in [0.15, 0.2) is 24.3 Å². The number of benzene rings is 1. The summed E-state index contributed by atoms with van der Waals surface area (Å²) in [5.41, 5.74) is 1.65. The molecule has 0 heterocycles. The van der Waals surface area contributed by atoms with Gasteiger partial charge in [-0.3, -0.25) is 4.79 Å². The van der Waals surface area contributed by atoms with E-state index in [4.69, 9.17) is 5.26 Å². The summed E-state index contributed by atoms with van der Waals surface area (Å²) in [5.74, 6) is 0.343. The van der Waals surface area contributed by atoms with Gasteiger partial charge in [-0.25, -0.2) is 0 Å². The number of carbonyl (C=O) groups is 1. The van der Waals surface area contributed by atoms with Crippen LogP contribution >= 0.6 is 15.9 Å². The molecule has 1 amide bonds. The largest absolute Gasteiger partial charge is 0.340 e. The number of hydrogen-bond donors (Lipinski definition) is 0. The third-order valence-electron chi connectivity index (χ3n) is 2.70. The van der Waals surface area contributed by atoms with Crippen LogP contribution < -0.4 is 0 Å². The molecule has 0 bridgehead atoms. The highest BCUT2D eigenvalue weighted by Gasteiger charge is 2.22. The Morgan fingerprint density at radius 3 is 2.39 bits per heavy atom. The molecule has 0 N–H and O–H groups in total. The molecule has 0 aliphatic heterocycles. The maximum atomic E-state index is 12.0. The number of nitrogens with zero attached hydrogens (tertiary/aromatic N) is 2. The predicted molar refractivity (Wildman–Crippen MR) is 75.2 cm³/mol. The Morgan fingerprint density at radius 2 is 1.94 bits per heavy atom.